The molecule has 1 unspecified atom stereocenters. The number of nitrogens with zero attached hydrogens (tertiary/aromatic N) is 1. The lowest BCUT2D eigenvalue weighted by molar-refractivity contribution is -0.162. The number of likely N-dealkylation sites (tertiary alicyclic amines) is 1. The maximum absolute atomic E-state index is 12.0. The van der Waals surface area contributed by atoms with Gasteiger partial charge in [-0.15, -0.1) is 0 Å². The molecule has 0 radical (unpaired) electrons. The minimum absolute atomic E-state index is 0.260. The van der Waals surface area contributed by atoms with E-state index in [1.165, 1.54) is 4.90 Å². The second-order valence-electron chi connectivity index (χ2n) is 4.22. The molecule has 16 heavy (non-hydrogen) atoms. The van der Waals surface area contributed by atoms with E-state index in [4.69, 9.17) is 5.73 Å². The number of piperidine rings is 1. The summed E-state index contributed by atoms with van der Waals surface area (Å²) in [5.74, 6) is -0.551. The highest BCUT2D eigenvalue weighted by molar-refractivity contribution is 5.76. The normalized spacial score (nSPS) is 22.2. The first-order valence-electron chi connectivity index (χ1n) is 5.47. The van der Waals surface area contributed by atoms with Crippen molar-refractivity contribution in [3.63, 3.8) is 0 Å². The van der Waals surface area contributed by atoms with Crippen LogP contribution < -0.4 is 5.73 Å². The van der Waals surface area contributed by atoms with Crippen molar-refractivity contribution < 1.29 is 18.0 Å². The Labute approximate surface area is 92.8 Å². The predicted molar refractivity (Wildman–Crippen MR) is 53.6 cm³/mol. The van der Waals surface area contributed by atoms with Crippen LogP contribution in [0.4, 0.5) is 13.2 Å². The van der Waals surface area contributed by atoms with Gasteiger partial charge in [0.2, 0.25) is 5.91 Å². The first kappa shape index (κ1) is 13.3. The maximum atomic E-state index is 12.0. The summed E-state index contributed by atoms with van der Waals surface area (Å²) in [5, 5.41) is 0. The van der Waals surface area contributed by atoms with E-state index in [-0.39, 0.29) is 5.92 Å². The smallest absolute Gasteiger partial charge is 0.342 e. The van der Waals surface area contributed by atoms with Crippen molar-refractivity contribution >= 4 is 5.91 Å². The fraction of sp³-hybridized carbons (Fsp3) is 0.900. The third-order valence-corrected chi connectivity index (χ3v) is 2.80. The van der Waals surface area contributed by atoms with E-state index in [0.29, 0.717) is 19.6 Å². The van der Waals surface area contributed by atoms with Crippen LogP contribution in [0.1, 0.15) is 25.7 Å². The van der Waals surface area contributed by atoms with E-state index < -0.39 is 18.5 Å². The molecule has 0 aromatic heterocycles. The number of hydrogen-bond donors (Lipinski definition) is 1. The highest BCUT2D eigenvalue weighted by Crippen LogP contribution is 2.24. The number of carbonyl (C=O) groups excluding carboxylic acids is 1. The number of nitrogens with two attached hydrogens (primary N) is 1. The van der Waals surface area contributed by atoms with Crippen molar-refractivity contribution in [3.05, 3.63) is 0 Å². The van der Waals surface area contributed by atoms with Crippen molar-refractivity contribution in [2.24, 2.45) is 11.7 Å². The van der Waals surface area contributed by atoms with Crippen molar-refractivity contribution in [2.45, 2.75) is 31.9 Å². The summed E-state index contributed by atoms with van der Waals surface area (Å²) in [4.78, 5) is 12.7. The van der Waals surface area contributed by atoms with Gasteiger partial charge in [-0.05, 0) is 31.7 Å². The molecule has 0 saturated carbocycles. The fourth-order valence-corrected chi connectivity index (χ4v) is 2.05. The SMILES string of the molecule is NCCC1CCCN(C(=O)CC(F)(F)F)C1. The zero-order valence-corrected chi connectivity index (χ0v) is 9.09. The van der Waals surface area contributed by atoms with Crippen molar-refractivity contribution in [1.29, 1.82) is 0 Å². The molecule has 2 N–H and O–H groups in total. The van der Waals surface area contributed by atoms with E-state index >= 15 is 0 Å². The highest BCUT2D eigenvalue weighted by atomic mass is 19.4. The number of rotatable bonds is 3. The van der Waals surface area contributed by atoms with E-state index in [1.54, 1.807) is 0 Å². The lowest BCUT2D eigenvalue weighted by Crippen LogP contribution is -2.42. The molecule has 1 rings (SSSR count). The average molecular weight is 238 g/mol. The minimum atomic E-state index is -4.40. The Kier molecular flexibility index (Phi) is 4.58. The quantitative estimate of drug-likeness (QED) is 0.810. The zero-order chi connectivity index (χ0) is 12.2. The fourth-order valence-electron chi connectivity index (χ4n) is 2.05. The highest BCUT2D eigenvalue weighted by Gasteiger charge is 2.34. The van der Waals surface area contributed by atoms with Crippen LogP contribution in [0.5, 0.6) is 0 Å². The van der Waals surface area contributed by atoms with Gasteiger partial charge in [0.25, 0.3) is 0 Å². The molecular formula is C10H17F3N2O. The van der Waals surface area contributed by atoms with Gasteiger partial charge >= 0.3 is 6.18 Å². The molecule has 1 fully saturated rings. The number of amides is 1. The molecule has 1 heterocycles. The van der Waals surface area contributed by atoms with E-state index in [9.17, 15) is 18.0 Å². The topological polar surface area (TPSA) is 46.3 Å². The lowest BCUT2D eigenvalue weighted by Gasteiger charge is -2.32. The monoisotopic (exact) mass is 238 g/mol. The largest absolute Gasteiger partial charge is 0.397 e. The Bertz CT molecular complexity index is 241. The Balaban J connectivity index is 2.44. The molecule has 1 amide bonds. The second kappa shape index (κ2) is 5.52. The summed E-state index contributed by atoms with van der Waals surface area (Å²) in [5.41, 5.74) is 5.40. The summed E-state index contributed by atoms with van der Waals surface area (Å²) in [6.07, 6.45) is -3.25. The van der Waals surface area contributed by atoms with Gasteiger partial charge < -0.3 is 10.6 Å². The first-order chi connectivity index (χ1) is 7.42. The van der Waals surface area contributed by atoms with Gasteiger partial charge in [-0.3, -0.25) is 4.79 Å². The third-order valence-electron chi connectivity index (χ3n) is 2.80. The number of carbonyl (C=O) groups is 1. The van der Waals surface area contributed by atoms with Crippen molar-refractivity contribution in [2.75, 3.05) is 19.6 Å². The molecule has 0 aliphatic carbocycles. The van der Waals surface area contributed by atoms with E-state index in [0.717, 1.165) is 19.3 Å². The molecule has 0 bridgehead atoms. The molecular weight excluding hydrogens is 221 g/mol. The summed E-state index contributed by atoms with van der Waals surface area (Å²) in [7, 11) is 0. The van der Waals surface area contributed by atoms with Gasteiger partial charge in [0.15, 0.2) is 0 Å². The van der Waals surface area contributed by atoms with Crippen LogP contribution in [0, 0.1) is 5.92 Å². The zero-order valence-electron chi connectivity index (χ0n) is 9.09. The van der Waals surface area contributed by atoms with Crippen LogP contribution >= 0.6 is 0 Å². The average Bonchev–Trinajstić information content (AvgIpc) is 2.16. The molecule has 0 aromatic rings. The number of halogens is 3. The van der Waals surface area contributed by atoms with Crippen LogP contribution in [0.25, 0.3) is 0 Å². The van der Waals surface area contributed by atoms with Gasteiger partial charge in [-0.25, -0.2) is 0 Å². The van der Waals surface area contributed by atoms with Crippen LogP contribution in [0.15, 0.2) is 0 Å². The molecule has 1 saturated heterocycles. The molecule has 1 aliphatic rings. The summed E-state index contributed by atoms with van der Waals surface area (Å²) in [6, 6.07) is 0. The summed E-state index contributed by atoms with van der Waals surface area (Å²) >= 11 is 0. The lowest BCUT2D eigenvalue weighted by atomic mass is 9.94. The van der Waals surface area contributed by atoms with Crippen LogP contribution in [-0.2, 0) is 4.79 Å². The van der Waals surface area contributed by atoms with Gasteiger partial charge in [0.1, 0.15) is 6.42 Å². The molecule has 0 spiro atoms. The minimum Gasteiger partial charge on any atom is -0.342 e. The Hall–Kier alpha value is -0.780. The van der Waals surface area contributed by atoms with Crippen LogP contribution in [-0.4, -0.2) is 36.6 Å². The molecule has 6 heteroatoms. The predicted octanol–water partition coefficient (Wildman–Crippen LogP) is 1.53. The Morgan fingerprint density at radius 1 is 1.44 bits per heavy atom. The molecule has 94 valence electrons. The Morgan fingerprint density at radius 2 is 2.12 bits per heavy atom. The van der Waals surface area contributed by atoms with Gasteiger partial charge in [0.05, 0.1) is 0 Å². The Morgan fingerprint density at radius 3 is 2.69 bits per heavy atom. The van der Waals surface area contributed by atoms with Gasteiger partial charge in [-0.1, -0.05) is 0 Å². The van der Waals surface area contributed by atoms with E-state index in [2.05, 4.69) is 0 Å². The molecule has 1 atom stereocenters. The molecule has 1 aliphatic heterocycles. The summed E-state index contributed by atoms with van der Waals surface area (Å²) in [6.45, 7) is 1.38. The first-order valence-corrected chi connectivity index (χ1v) is 5.47. The van der Waals surface area contributed by atoms with Gasteiger partial charge in [0, 0.05) is 13.1 Å². The second-order valence-corrected chi connectivity index (χ2v) is 4.22. The van der Waals surface area contributed by atoms with E-state index in [1.807, 2.05) is 0 Å². The number of alkyl halides is 3. The third kappa shape index (κ3) is 4.38. The standard InChI is InChI=1S/C10H17F3N2O/c11-10(12,13)6-9(16)15-5-1-2-8(7-15)3-4-14/h8H,1-7,14H2. The molecule has 3 nitrogen and oxygen atoms in total. The van der Waals surface area contributed by atoms with Crippen molar-refractivity contribution in [3.8, 4) is 0 Å². The van der Waals surface area contributed by atoms with Crippen LogP contribution in [0.2, 0.25) is 0 Å². The van der Waals surface area contributed by atoms with Crippen LogP contribution in [0.3, 0.4) is 0 Å². The maximum Gasteiger partial charge on any atom is 0.397 e. The number of hydrogen-bond acceptors (Lipinski definition) is 2. The molecule has 0 aromatic carbocycles. The van der Waals surface area contributed by atoms with Crippen molar-refractivity contribution in [1.82, 2.24) is 4.90 Å². The summed E-state index contributed by atoms with van der Waals surface area (Å²) < 4.78 is 36.1. The van der Waals surface area contributed by atoms with Gasteiger partial charge in [-0.2, -0.15) is 13.2 Å².